The van der Waals surface area contributed by atoms with Gasteiger partial charge in [0.1, 0.15) is 0 Å². The van der Waals surface area contributed by atoms with E-state index in [0.29, 0.717) is 16.0 Å². The summed E-state index contributed by atoms with van der Waals surface area (Å²) in [6, 6.07) is 4.86. The second-order valence-electron chi connectivity index (χ2n) is 2.66. The molecule has 0 saturated heterocycles. The third-order valence-corrected chi connectivity index (χ3v) is 3.19. The Morgan fingerprint density at radius 3 is 2.92 bits per heavy atom. The molecule has 1 aromatic heterocycles. The Bertz CT molecular complexity index is 452. The molecule has 0 aliphatic rings. The van der Waals surface area contributed by atoms with Crippen molar-refractivity contribution >= 4 is 33.0 Å². The van der Waals surface area contributed by atoms with Crippen molar-refractivity contribution in [3.8, 4) is 0 Å². The van der Waals surface area contributed by atoms with Gasteiger partial charge in [-0.25, -0.2) is 0 Å². The van der Waals surface area contributed by atoms with Crippen molar-refractivity contribution in [3.63, 3.8) is 0 Å². The van der Waals surface area contributed by atoms with E-state index in [1.165, 1.54) is 6.07 Å². The normalized spacial score (nSPS) is 11.0. The van der Waals surface area contributed by atoms with Gasteiger partial charge >= 0.3 is 0 Å². The van der Waals surface area contributed by atoms with E-state index in [2.05, 4.69) is 0 Å². The van der Waals surface area contributed by atoms with Crippen LogP contribution >= 0.6 is 22.9 Å². The number of benzene rings is 1. The summed E-state index contributed by atoms with van der Waals surface area (Å²) >= 11 is 6.99. The van der Waals surface area contributed by atoms with Gasteiger partial charge in [-0.3, -0.25) is 0 Å². The standard InChI is InChI=1S/C9H6ClFOS/c10-9-5(4-12)1-2-7-6(9)3-8(11)13-7/h1-3,12H,4H2. The summed E-state index contributed by atoms with van der Waals surface area (Å²) < 4.78 is 13.6. The van der Waals surface area contributed by atoms with Crippen LogP contribution in [-0.4, -0.2) is 5.11 Å². The highest BCUT2D eigenvalue weighted by atomic mass is 35.5. The summed E-state index contributed by atoms with van der Waals surface area (Å²) in [6.07, 6.45) is 0. The summed E-state index contributed by atoms with van der Waals surface area (Å²) in [5.41, 5.74) is 0.631. The van der Waals surface area contributed by atoms with Crippen LogP contribution < -0.4 is 0 Å². The van der Waals surface area contributed by atoms with Crippen molar-refractivity contribution in [3.05, 3.63) is 33.9 Å². The first-order chi connectivity index (χ1) is 6.22. The minimum atomic E-state index is -0.257. The first-order valence-electron chi connectivity index (χ1n) is 3.69. The number of hydrogen-bond acceptors (Lipinski definition) is 2. The molecule has 1 heterocycles. The fourth-order valence-corrected chi connectivity index (χ4v) is 2.34. The summed E-state index contributed by atoms with van der Waals surface area (Å²) in [4.78, 5) is 0. The predicted molar refractivity (Wildman–Crippen MR) is 52.7 cm³/mol. The number of rotatable bonds is 1. The van der Waals surface area contributed by atoms with E-state index >= 15 is 0 Å². The smallest absolute Gasteiger partial charge is 0.177 e. The van der Waals surface area contributed by atoms with E-state index in [4.69, 9.17) is 16.7 Å². The molecule has 0 radical (unpaired) electrons. The van der Waals surface area contributed by atoms with Crippen molar-refractivity contribution in [1.82, 2.24) is 0 Å². The molecule has 2 aromatic rings. The molecule has 0 atom stereocenters. The summed E-state index contributed by atoms with van der Waals surface area (Å²) in [5, 5.41) is 9.77. The Morgan fingerprint density at radius 2 is 2.23 bits per heavy atom. The maximum atomic E-state index is 12.8. The average Bonchev–Trinajstić information content (AvgIpc) is 2.47. The maximum absolute atomic E-state index is 12.8. The molecule has 0 unspecified atom stereocenters. The van der Waals surface area contributed by atoms with Gasteiger partial charge in [-0.15, -0.1) is 11.3 Å². The second-order valence-corrected chi connectivity index (χ2v) is 4.07. The lowest BCUT2D eigenvalue weighted by Crippen LogP contribution is -1.83. The molecule has 0 spiro atoms. The Morgan fingerprint density at radius 1 is 1.46 bits per heavy atom. The number of halogens is 2. The van der Waals surface area contributed by atoms with Crippen LogP contribution in [0.25, 0.3) is 10.1 Å². The summed E-state index contributed by atoms with van der Waals surface area (Å²) in [5.74, 6) is 0. The zero-order valence-electron chi connectivity index (χ0n) is 6.55. The van der Waals surface area contributed by atoms with Crippen LogP contribution in [0.5, 0.6) is 0 Å². The van der Waals surface area contributed by atoms with Crippen LogP contribution in [0, 0.1) is 5.13 Å². The van der Waals surface area contributed by atoms with Gasteiger partial charge in [0.25, 0.3) is 0 Å². The Balaban J connectivity index is 2.78. The van der Waals surface area contributed by atoms with E-state index in [0.717, 1.165) is 16.0 Å². The highest BCUT2D eigenvalue weighted by molar-refractivity contribution is 7.17. The Kier molecular flexibility index (Phi) is 2.24. The van der Waals surface area contributed by atoms with Gasteiger partial charge in [-0.05, 0) is 17.7 Å². The molecule has 0 saturated carbocycles. The van der Waals surface area contributed by atoms with Crippen LogP contribution in [0.15, 0.2) is 18.2 Å². The number of aliphatic hydroxyl groups is 1. The van der Waals surface area contributed by atoms with Crippen molar-refractivity contribution in [2.45, 2.75) is 6.61 Å². The van der Waals surface area contributed by atoms with E-state index in [9.17, 15) is 4.39 Å². The van der Waals surface area contributed by atoms with Gasteiger partial charge in [0.05, 0.1) is 11.6 Å². The largest absolute Gasteiger partial charge is 0.392 e. The molecule has 0 aliphatic heterocycles. The third-order valence-electron chi connectivity index (χ3n) is 1.86. The Labute approximate surface area is 83.4 Å². The first kappa shape index (κ1) is 8.94. The zero-order valence-corrected chi connectivity index (χ0v) is 8.12. The molecule has 0 fully saturated rings. The van der Waals surface area contributed by atoms with Crippen molar-refractivity contribution < 1.29 is 9.50 Å². The third kappa shape index (κ3) is 1.43. The number of hydrogen-bond donors (Lipinski definition) is 1. The van der Waals surface area contributed by atoms with Crippen LogP contribution in [-0.2, 0) is 6.61 Å². The molecule has 68 valence electrons. The van der Waals surface area contributed by atoms with Gasteiger partial charge < -0.3 is 5.11 Å². The maximum Gasteiger partial charge on any atom is 0.177 e. The topological polar surface area (TPSA) is 20.2 Å². The van der Waals surface area contributed by atoms with Crippen LogP contribution in [0.1, 0.15) is 5.56 Å². The van der Waals surface area contributed by atoms with E-state index < -0.39 is 0 Å². The fourth-order valence-electron chi connectivity index (χ4n) is 1.21. The van der Waals surface area contributed by atoms with Crippen LogP contribution in [0.2, 0.25) is 5.02 Å². The molecule has 2 rings (SSSR count). The molecular weight excluding hydrogens is 211 g/mol. The SMILES string of the molecule is OCc1ccc2sc(F)cc2c1Cl. The number of fused-ring (bicyclic) bond motifs is 1. The van der Waals surface area contributed by atoms with Crippen LogP contribution in [0.4, 0.5) is 4.39 Å². The van der Waals surface area contributed by atoms with Crippen molar-refractivity contribution in [1.29, 1.82) is 0 Å². The molecule has 1 aromatic carbocycles. The van der Waals surface area contributed by atoms with Gasteiger partial charge in [0.2, 0.25) is 0 Å². The molecule has 0 aliphatic carbocycles. The molecule has 1 N–H and O–H groups in total. The molecule has 1 nitrogen and oxygen atoms in total. The van der Waals surface area contributed by atoms with E-state index in [1.54, 1.807) is 12.1 Å². The lowest BCUT2D eigenvalue weighted by atomic mass is 10.2. The number of aliphatic hydroxyl groups excluding tert-OH is 1. The van der Waals surface area contributed by atoms with E-state index in [-0.39, 0.29) is 11.7 Å². The predicted octanol–water partition coefficient (Wildman–Crippen LogP) is 3.19. The minimum absolute atomic E-state index is 0.119. The van der Waals surface area contributed by atoms with Crippen LogP contribution in [0.3, 0.4) is 0 Å². The lowest BCUT2D eigenvalue weighted by molar-refractivity contribution is 0.282. The highest BCUT2D eigenvalue weighted by Gasteiger charge is 2.08. The quantitative estimate of drug-likeness (QED) is 0.776. The van der Waals surface area contributed by atoms with Gasteiger partial charge in [0, 0.05) is 10.1 Å². The Hall–Kier alpha value is -0.640. The van der Waals surface area contributed by atoms with Crippen molar-refractivity contribution in [2.24, 2.45) is 0 Å². The highest BCUT2D eigenvalue weighted by Crippen LogP contribution is 2.32. The van der Waals surface area contributed by atoms with Gasteiger partial charge in [-0.2, -0.15) is 4.39 Å². The monoisotopic (exact) mass is 216 g/mol. The van der Waals surface area contributed by atoms with Crippen molar-refractivity contribution in [2.75, 3.05) is 0 Å². The number of thiophene rings is 1. The summed E-state index contributed by atoms with van der Waals surface area (Å²) in [6.45, 7) is -0.119. The molecule has 4 heteroatoms. The molecule has 0 amide bonds. The lowest BCUT2D eigenvalue weighted by Gasteiger charge is -1.99. The zero-order chi connectivity index (χ0) is 9.42. The minimum Gasteiger partial charge on any atom is -0.392 e. The first-order valence-corrected chi connectivity index (χ1v) is 4.89. The van der Waals surface area contributed by atoms with Gasteiger partial charge in [-0.1, -0.05) is 17.7 Å². The molecule has 13 heavy (non-hydrogen) atoms. The van der Waals surface area contributed by atoms with E-state index in [1.807, 2.05) is 0 Å². The molecule has 0 bridgehead atoms. The average molecular weight is 217 g/mol. The van der Waals surface area contributed by atoms with Gasteiger partial charge in [0.15, 0.2) is 5.13 Å². The second kappa shape index (κ2) is 3.25. The summed E-state index contributed by atoms with van der Waals surface area (Å²) in [7, 11) is 0. The molecular formula is C9H6ClFOS. The fraction of sp³-hybridized carbons (Fsp3) is 0.111.